The van der Waals surface area contributed by atoms with Crippen molar-refractivity contribution < 1.29 is 4.58 Å². The van der Waals surface area contributed by atoms with Crippen LogP contribution in [0.3, 0.4) is 0 Å². The molecule has 4 aromatic rings. The quantitative estimate of drug-likeness (QED) is 0.131. The monoisotopic (exact) mass is 515 g/mol. The van der Waals surface area contributed by atoms with Crippen molar-refractivity contribution in [2.75, 3.05) is 4.90 Å². The van der Waals surface area contributed by atoms with Gasteiger partial charge in [0, 0.05) is 11.3 Å². The van der Waals surface area contributed by atoms with Gasteiger partial charge in [-0.2, -0.15) is 9.98 Å². The summed E-state index contributed by atoms with van der Waals surface area (Å²) in [6.45, 7) is 8.39. The summed E-state index contributed by atoms with van der Waals surface area (Å²) in [5, 5.41) is 27.6. The van der Waals surface area contributed by atoms with Crippen LogP contribution >= 0.6 is 0 Å². The van der Waals surface area contributed by atoms with Gasteiger partial charge in [0.25, 0.3) is 11.7 Å². The Balaban J connectivity index is 1.90. The molecule has 0 heterocycles. The second-order valence-corrected chi connectivity index (χ2v) is 9.82. The molecule has 0 aliphatic rings. The molecule has 0 amide bonds. The predicted octanol–water partition coefficient (Wildman–Crippen LogP) is 6.96. The van der Waals surface area contributed by atoms with Gasteiger partial charge in [0.05, 0.1) is 5.56 Å². The lowest BCUT2D eigenvalue weighted by Gasteiger charge is -2.26. The van der Waals surface area contributed by atoms with Crippen LogP contribution in [0.2, 0.25) is 0 Å². The molecule has 0 fully saturated rings. The highest BCUT2D eigenvalue weighted by Gasteiger charge is 2.29. The second kappa shape index (κ2) is 11.7. The van der Waals surface area contributed by atoms with E-state index in [9.17, 15) is 10.8 Å². The summed E-state index contributed by atoms with van der Waals surface area (Å²) in [5.41, 5.74) is 12.8. The minimum absolute atomic E-state index is 0.0423. The van der Waals surface area contributed by atoms with Gasteiger partial charge in [-0.05, 0) is 66.8 Å². The fraction of sp³-hybridized carbons (Fsp3) is 0.152. The SMILES string of the molecule is Cc1cc(C(C)C)c(C)cc1C(=N)[N+](=C(N)C(=N)N(C(=N)c1ccccc1)c1ccccc1)c1ccccc1. The molecule has 0 aromatic heterocycles. The van der Waals surface area contributed by atoms with Crippen molar-refractivity contribution in [3.8, 4) is 0 Å². The molecule has 6 nitrogen and oxygen atoms in total. The number of nitrogens with zero attached hydrogens (tertiary/aromatic N) is 2. The van der Waals surface area contributed by atoms with Gasteiger partial charge >= 0.3 is 0 Å². The number of hydrogen-bond donors (Lipinski definition) is 4. The number of amidine groups is 4. The van der Waals surface area contributed by atoms with Gasteiger partial charge in [-0.1, -0.05) is 86.6 Å². The van der Waals surface area contributed by atoms with E-state index < -0.39 is 0 Å². The van der Waals surface area contributed by atoms with E-state index in [2.05, 4.69) is 26.8 Å². The van der Waals surface area contributed by atoms with E-state index in [1.54, 1.807) is 4.58 Å². The lowest BCUT2D eigenvalue weighted by Crippen LogP contribution is -2.48. The molecule has 0 saturated heterocycles. The standard InChI is InChI=1S/C33H34N6/c1-22(2)28-20-24(4)29(21-23(28)3)31(35)39(27-18-12-7-13-19-27)33(37)32(36)38(26-16-10-6-11-17-26)30(34)25-14-8-5-9-15-25/h5-22,34-37H,1-4H3/p+1. The van der Waals surface area contributed by atoms with E-state index in [-0.39, 0.29) is 23.3 Å². The van der Waals surface area contributed by atoms with Crippen LogP contribution in [0.25, 0.3) is 0 Å². The third kappa shape index (κ3) is 5.70. The van der Waals surface area contributed by atoms with Crippen LogP contribution in [0.4, 0.5) is 11.4 Å². The van der Waals surface area contributed by atoms with Crippen LogP contribution in [0, 0.1) is 30.1 Å². The Hall–Kier alpha value is -4.84. The summed E-state index contributed by atoms with van der Waals surface area (Å²) < 4.78 is 1.59. The molecule has 6 heteroatoms. The van der Waals surface area contributed by atoms with Crippen LogP contribution in [-0.4, -0.2) is 27.9 Å². The minimum Gasteiger partial charge on any atom is -0.315 e. The van der Waals surface area contributed by atoms with Gasteiger partial charge in [-0.15, -0.1) is 0 Å². The molecule has 0 spiro atoms. The number of nitrogens with one attached hydrogen (secondary N) is 3. The number of anilines is 1. The van der Waals surface area contributed by atoms with E-state index in [0.717, 1.165) is 16.7 Å². The van der Waals surface area contributed by atoms with Crippen molar-refractivity contribution in [3.05, 3.63) is 131 Å². The fourth-order valence-electron chi connectivity index (χ4n) is 4.69. The zero-order valence-corrected chi connectivity index (χ0v) is 22.9. The largest absolute Gasteiger partial charge is 0.315 e. The highest BCUT2D eigenvalue weighted by Crippen LogP contribution is 2.26. The first-order valence-electron chi connectivity index (χ1n) is 13.0. The maximum absolute atomic E-state index is 9.34. The summed E-state index contributed by atoms with van der Waals surface area (Å²) in [4.78, 5) is 1.51. The molecule has 0 atom stereocenters. The fourth-order valence-corrected chi connectivity index (χ4v) is 4.69. The first kappa shape index (κ1) is 27.2. The van der Waals surface area contributed by atoms with Gasteiger partial charge in [-0.3, -0.25) is 15.7 Å². The molecule has 5 N–H and O–H groups in total. The average molecular weight is 516 g/mol. The van der Waals surface area contributed by atoms with Crippen LogP contribution < -0.4 is 10.6 Å². The van der Waals surface area contributed by atoms with Crippen LogP contribution in [0.15, 0.2) is 103 Å². The first-order chi connectivity index (χ1) is 18.7. The zero-order valence-electron chi connectivity index (χ0n) is 22.9. The van der Waals surface area contributed by atoms with Gasteiger partial charge < -0.3 is 5.73 Å². The summed E-state index contributed by atoms with van der Waals surface area (Å²) in [6, 6.07) is 32.2. The maximum Gasteiger partial charge on any atom is 0.268 e. The Labute approximate surface area is 230 Å². The Kier molecular flexibility index (Phi) is 8.15. The van der Waals surface area contributed by atoms with Gasteiger partial charge in [0.15, 0.2) is 0 Å². The smallest absolute Gasteiger partial charge is 0.268 e. The molecule has 0 radical (unpaired) electrons. The molecule has 0 aliphatic heterocycles. The molecule has 0 aliphatic carbocycles. The maximum atomic E-state index is 9.34. The summed E-state index contributed by atoms with van der Waals surface area (Å²) in [6.07, 6.45) is 0. The highest BCUT2D eigenvalue weighted by molar-refractivity contribution is 6.48. The van der Waals surface area contributed by atoms with Crippen molar-refractivity contribution in [1.82, 2.24) is 0 Å². The average Bonchev–Trinajstić information content (AvgIpc) is 2.95. The lowest BCUT2D eigenvalue weighted by atomic mass is 9.92. The van der Waals surface area contributed by atoms with Gasteiger partial charge in [0.2, 0.25) is 5.84 Å². The van der Waals surface area contributed by atoms with Crippen molar-refractivity contribution in [2.45, 2.75) is 33.6 Å². The van der Waals surface area contributed by atoms with Crippen LogP contribution in [0.1, 0.15) is 47.6 Å². The van der Waals surface area contributed by atoms with Crippen molar-refractivity contribution in [2.24, 2.45) is 5.73 Å². The highest BCUT2D eigenvalue weighted by atomic mass is 15.3. The summed E-state index contributed by atoms with van der Waals surface area (Å²) >= 11 is 0. The second-order valence-electron chi connectivity index (χ2n) is 9.82. The van der Waals surface area contributed by atoms with Crippen LogP contribution in [0.5, 0.6) is 0 Å². The number of nitrogens with two attached hydrogens (primary N) is 1. The number of hydrogen-bond acceptors (Lipinski definition) is 3. The first-order valence-corrected chi connectivity index (χ1v) is 13.0. The lowest BCUT2D eigenvalue weighted by molar-refractivity contribution is -0.305. The third-order valence-electron chi connectivity index (χ3n) is 6.72. The number of rotatable bonds is 5. The Bertz CT molecular complexity index is 1540. The third-order valence-corrected chi connectivity index (χ3v) is 6.72. The topological polar surface area (TPSA) is 104 Å². The Morgan fingerprint density at radius 3 is 1.85 bits per heavy atom. The molecule has 0 saturated carbocycles. The summed E-state index contributed by atoms with van der Waals surface area (Å²) in [7, 11) is 0. The van der Waals surface area contributed by atoms with E-state index >= 15 is 0 Å². The van der Waals surface area contributed by atoms with Crippen molar-refractivity contribution in [3.63, 3.8) is 0 Å². The Morgan fingerprint density at radius 2 is 1.28 bits per heavy atom. The van der Waals surface area contributed by atoms with Gasteiger partial charge in [-0.25, -0.2) is 0 Å². The molecule has 196 valence electrons. The van der Waals surface area contributed by atoms with Crippen LogP contribution in [-0.2, 0) is 0 Å². The normalized spacial score (nSPS) is 11.6. The molecule has 4 rings (SSSR count). The minimum atomic E-state index is -0.100. The van der Waals surface area contributed by atoms with E-state index in [0.29, 0.717) is 22.9 Å². The predicted molar refractivity (Wildman–Crippen MR) is 162 cm³/mol. The number of aryl methyl sites for hydroxylation is 2. The molecule has 39 heavy (non-hydrogen) atoms. The van der Waals surface area contributed by atoms with E-state index in [1.165, 1.54) is 10.5 Å². The Morgan fingerprint density at radius 1 is 0.744 bits per heavy atom. The zero-order chi connectivity index (χ0) is 28.1. The van der Waals surface area contributed by atoms with E-state index in [4.69, 9.17) is 11.1 Å². The molecule has 0 bridgehead atoms. The molecule has 4 aromatic carbocycles. The molecular formula is C33H35N6+. The van der Waals surface area contributed by atoms with Crippen molar-refractivity contribution in [1.29, 1.82) is 16.2 Å². The number of benzene rings is 4. The van der Waals surface area contributed by atoms with E-state index in [1.807, 2.05) is 104 Å². The molecule has 0 unspecified atom stereocenters. The molecular weight excluding hydrogens is 480 g/mol. The van der Waals surface area contributed by atoms with Crippen molar-refractivity contribution >= 4 is 34.7 Å². The summed E-state index contributed by atoms with van der Waals surface area (Å²) in [5.74, 6) is 0.587. The number of para-hydroxylation sites is 2. The van der Waals surface area contributed by atoms with Gasteiger partial charge in [0.1, 0.15) is 11.5 Å².